The van der Waals surface area contributed by atoms with Gasteiger partial charge in [0.2, 0.25) is 0 Å². The first-order chi connectivity index (χ1) is 6.83. The molecule has 14 heavy (non-hydrogen) atoms. The third kappa shape index (κ3) is 1.38. The lowest BCUT2D eigenvalue weighted by Gasteiger charge is -2.58. The lowest BCUT2D eigenvalue weighted by atomic mass is 9.59. The zero-order valence-electron chi connectivity index (χ0n) is 8.68. The van der Waals surface area contributed by atoms with Gasteiger partial charge in [-0.15, -0.1) is 0 Å². The van der Waals surface area contributed by atoms with E-state index in [0.29, 0.717) is 5.41 Å². The lowest BCUT2D eigenvalue weighted by Crippen LogP contribution is -2.59. The van der Waals surface area contributed by atoms with Gasteiger partial charge in [0.15, 0.2) is 5.79 Å². The van der Waals surface area contributed by atoms with Gasteiger partial charge in [-0.2, -0.15) is 0 Å². The Morgan fingerprint density at radius 3 is 2.21 bits per heavy atom. The van der Waals surface area contributed by atoms with Crippen molar-refractivity contribution in [3.63, 3.8) is 0 Å². The summed E-state index contributed by atoms with van der Waals surface area (Å²) < 4.78 is 11.6. The van der Waals surface area contributed by atoms with E-state index in [1.165, 1.54) is 25.9 Å². The average Bonchev–Trinajstić information content (AvgIpc) is 2.18. The minimum Gasteiger partial charge on any atom is -0.350 e. The summed E-state index contributed by atoms with van der Waals surface area (Å²) in [5.41, 5.74) is 0.558. The standard InChI is InChI=1S/C11H19NO2/c1-6-13-11(14-7-1)8-10(9-11)2-4-12-5-3-10/h12H,1-9H2. The van der Waals surface area contributed by atoms with E-state index >= 15 is 0 Å². The summed E-state index contributed by atoms with van der Waals surface area (Å²) in [6, 6.07) is 0. The van der Waals surface area contributed by atoms with Crippen LogP contribution >= 0.6 is 0 Å². The van der Waals surface area contributed by atoms with Crippen LogP contribution in [-0.2, 0) is 9.47 Å². The first kappa shape index (κ1) is 9.13. The summed E-state index contributed by atoms with van der Waals surface area (Å²) in [4.78, 5) is 0. The number of piperidine rings is 1. The van der Waals surface area contributed by atoms with Crippen LogP contribution in [0.2, 0.25) is 0 Å². The van der Waals surface area contributed by atoms with E-state index in [2.05, 4.69) is 5.32 Å². The Balaban J connectivity index is 1.62. The van der Waals surface area contributed by atoms with Crippen molar-refractivity contribution in [1.29, 1.82) is 0 Å². The van der Waals surface area contributed by atoms with Crippen LogP contribution in [0.25, 0.3) is 0 Å². The van der Waals surface area contributed by atoms with Crippen molar-refractivity contribution in [1.82, 2.24) is 5.32 Å². The van der Waals surface area contributed by atoms with Gasteiger partial charge in [0.05, 0.1) is 13.2 Å². The summed E-state index contributed by atoms with van der Waals surface area (Å²) >= 11 is 0. The molecule has 0 amide bonds. The molecule has 1 aliphatic carbocycles. The molecule has 0 unspecified atom stereocenters. The second kappa shape index (κ2) is 3.19. The van der Waals surface area contributed by atoms with E-state index in [0.717, 1.165) is 32.5 Å². The SMILES string of the molecule is C1COC2(CC3(CCNCC3)C2)OC1. The van der Waals surface area contributed by atoms with Crippen molar-refractivity contribution in [2.75, 3.05) is 26.3 Å². The van der Waals surface area contributed by atoms with Crippen molar-refractivity contribution >= 4 is 0 Å². The highest BCUT2D eigenvalue weighted by atomic mass is 16.7. The highest BCUT2D eigenvalue weighted by Gasteiger charge is 2.57. The largest absolute Gasteiger partial charge is 0.350 e. The molecular weight excluding hydrogens is 178 g/mol. The number of hydrogen-bond donors (Lipinski definition) is 1. The van der Waals surface area contributed by atoms with E-state index < -0.39 is 0 Å². The van der Waals surface area contributed by atoms with Gasteiger partial charge in [-0.1, -0.05) is 0 Å². The molecular formula is C11H19NO2. The molecule has 2 spiro atoms. The second-order valence-electron chi connectivity index (χ2n) is 5.06. The molecule has 0 bridgehead atoms. The van der Waals surface area contributed by atoms with Crippen molar-refractivity contribution in [2.24, 2.45) is 5.41 Å². The summed E-state index contributed by atoms with van der Waals surface area (Å²) in [5, 5.41) is 3.42. The first-order valence-corrected chi connectivity index (χ1v) is 5.81. The van der Waals surface area contributed by atoms with Crippen LogP contribution < -0.4 is 5.32 Å². The van der Waals surface area contributed by atoms with Crippen LogP contribution in [-0.4, -0.2) is 32.1 Å². The van der Waals surface area contributed by atoms with Crippen LogP contribution in [0.4, 0.5) is 0 Å². The van der Waals surface area contributed by atoms with E-state index in [1.54, 1.807) is 0 Å². The summed E-state index contributed by atoms with van der Waals surface area (Å²) in [5.74, 6) is -0.157. The smallest absolute Gasteiger partial charge is 0.169 e. The second-order valence-corrected chi connectivity index (χ2v) is 5.06. The Bertz CT molecular complexity index is 185. The van der Waals surface area contributed by atoms with E-state index in [1.807, 2.05) is 0 Å². The Labute approximate surface area is 85.1 Å². The maximum Gasteiger partial charge on any atom is 0.169 e. The number of hydrogen-bond acceptors (Lipinski definition) is 3. The van der Waals surface area contributed by atoms with E-state index in [4.69, 9.17) is 9.47 Å². The van der Waals surface area contributed by atoms with E-state index in [-0.39, 0.29) is 5.79 Å². The molecule has 0 aromatic carbocycles. The van der Waals surface area contributed by atoms with Crippen molar-refractivity contribution in [3.8, 4) is 0 Å². The molecule has 0 aromatic heterocycles. The third-order valence-electron chi connectivity index (χ3n) is 3.97. The van der Waals surface area contributed by atoms with Crippen molar-refractivity contribution in [2.45, 2.75) is 37.9 Å². The topological polar surface area (TPSA) is 30.5 Å². The molecule has 2 heterocycles. The zero-order chi connectivity index (χ0) is 9.49. The molecule has 3 heteroatoms. The van der Waals surface area contributed by atoms with Crippen molar-refractivity contribution < 1.29 is 9.47 Å². The maximum atomic E-state index is 5.79. The zero-order valence-corrected chi connectivity index (χ0v) is 8.68. The molecule has 2 aliphatic heterocycles. The number of rotatable bonds is 0. The Morgan fingerprint density at radius 2 is 1.57 bits per heavy atom. The maximum absolute atomic E-state index is 5.79. The fraction of sp³-hybridized carbons (Fsp3) is 1.00. The highest BCUT2D eigenvalue weighted by Crippen LogP contribution is 2.56. The molecule has 80 valence electrons. The monoisotopic (exact) mass is 197 g/mol. The minimum atomic E-state index is -0.157. The summed E-state index contributed by atoms with van der Waals surface area (Å²) in [6.45, 7) is 4.15. The van der Waals surface area contributed by atoms with Crippen molar-refractivity contribution in [3.05, 3.63) is 0 Å². The fourth-order valence-electron chi connectivity index (χ4n) is 3.22. The number of nitrogens with one attached hydrogen (secondary N) is 1. The van der Waals surface area contributed by atoms with E-state index in [9.17, 15) is 0 Å². The van der Waals surface area contributed by atoms with Gasteiger partial charge >= 0.3 is 0 Å². The molecule has 0 radical (unpaired) electrons. The minimum absolute atomic E-state index is 0.157. The van der Waals surface area contributed by atoms with Gasteiger partial charge in [-0.3, -0.25) is 0 Å². The van der Waals surface area contributed by atoms with Crippen LogP contribution in [0.15, 0.2) is 0 Å². The van der Waals surface area contributed by atoms with Gasteiger partial charge < -0.3 is 14.8 Å². The van der Waals surface area contributed by atoms with Gasteiger partial charge in [-0.25, -0.2) is 0 Å². The van der Waals surface area contributed by atoms with Crippen LogP contribution in [0, 0.1) is 5.41 Å². The molecule has 0 aromatic rings. The van der Waals surface area contributed by atoms with Gasteiger partial charge in [0.1, 0.15) is 0 Å². The number of ether oxygens (including phenoxy) is 2. The summed E-state index contributed by atoms with van der Waals surface area (Å²) in [7, 11) is 0. The Morgan fingerprint density at radius 1 is 0.929 bits per heavy atom. The molecule has 1 saturated carbocycles. The van der Waals surface area contributed by atoms with Crippen LogP contribution in [0.3, 0.4) is 0 Å². The van der Waals surface area contributed by atoms with Gasteiger partial charge in [-0.05, 0) is 37.8 Å². The Hall–Kier alpha value is -0.120. The highest BCUT2D eigenvalue weighted by molar-refractivity contribution is 5.02. The predicted molar refractivity (Wildman–Crippen MR) is 53.0 cm³/mol. The van der Waals surface area contributed by atoms with Gasteiger partial charge in [0.25, 0.3) is 0 Å². The normalized spacial score (nSPS) is 34.3. The molecule has 0 atom stereocenters. The molecule has 1 N–H and O–H groups in total. The van der Waals surface area contributed by atoms with Crippen LogP contribution in [0.1, 0.15) is 32.1 Å². The third-order valence-corrected chi connectivity index (χ3v) is 3.97. The quantitative estimate of drug-likeness (QED) is 0.634. The molecule has 3 fully saturated rings. The lowest BCUT2D eigenvalue weighted by molar-refractivity contribution is -0.343. The van der Waals surface area contributed by atoms with Gasteiger partial charge in [0, 0.05) is 12.8 Å². The predicted octanol–water partition coefficient (Wildman–Crippen LogP) is 1.28. The molecule has 3 rings (SSSR count). The fourth-order valence-corrected chi connectivity index (χ4v) is 3.22. The summed E-state index contributed by atoms with van der Waals surface area (Å²) in [6.07, 6.45) is 5.96. The molecule has 3 nitrogen and oxygen atoms in total. The van der Waals surface area contributed by atoms with Crippen LogP contribution in [0.5, 0.6) is 0 Å². The first-order valence-electron chi connectivity index (χ1n) is 5.81. The Kier molecular flexibility index (Phi) is 2.08. The molecule has 2 saturated heterocycles. The average molecular weight is 197 g/mol. The molecule has 3 aliphatic rings.